The highest BCUT2D eigenvalue weighted by Gasteiger charge is 2.22. The second-order valence-electron chi connectivity index (χ2n) is 5.55. The molecular formula is C14H19F. The van der Waals surface area contributed by atoms with Crippen molar-refractivity contribution in [2.75, 3.05) is 0 Å². The molecule has 0 saturated heterocycles. The first-order valence-electron chi connectivity index (χ1n) is 5.80. The molecule has 0 nitrogen and oxygen atoms in total. The molecule has 0 fully saturated rings. The summed E-state index contributed by atoms with van der Waals surface area (Å²) in [5.41, 5.74) is 3.92. The van der Waals surface area contributed by atoms with Crippen molar-refractivity contribution in [1.29, 1.82) is 0 Å². The highest BCUT2D eigenvalue weighted by molar-refractivity contribution is 5.41. The lowest BCUT2D eigenvalue weighted by molar-refractivity contribution is 0.549. The monoisotopic (exact) mass is 206 g/mol. The molecule has 0 unspecified atom stereocenters. The summed E-state index contributed by atoms with van der Waals surface area (Å²) in [5, 5.41) is 0. The second-order valence-corrected chi connectivity index (χ2v) is 5.55. The molecule has 1 aromatic rings. The van der Waals surface area contributed by atoms with Gasteiger partial charge in [-0.1, -0.05) is 20.8 Å². The van der Waals surface area contributed by atoms with Crippen LogP contribution in [0.2, 0.25) is 0 Å². The molecule has 0 bridgehead atoms. The smallest absolute Gasteiger partial charge is 0.123 e. The van der Waals surface area contributed by atoms with Gasteiger partial charge in [0.05, 0.1) is 0 Å². The minimum atomic E-state index is -0.0689. The van der Waals surface area contributed by atoms with E-state index in [-0.39, 0.29) is 11.2 Å². The fourth-order valence-corrected chi connectivity index (χ4v) is 2.50. The second kappa shape index (κ2) is 3.62. The Hall–Kier alpha value is -0.850. The van der Waals surface area contributed by atoms with Gasteiger partial charge in [-0.25, -0.2) is 4.39 Å². The quantitative estimate of drug-likeness (QED) is 0.602. The zero-order valence-electron chi connectivity index (χ0n) is 9.86. The van der Waals surface area contributed by atoms with E-state index < -0.39 is 0 Å². The van der Waals surface area contributed by atoms with Crippen molar-refractivity contribution >= 4 is 0 Å². The molecule has 0 amide bonds. The summed E-state index contributed by atoms with van der Waals surface area (Å²) in [5.74, 6) is -0.0689. The van der Waals surface area contributed by atoms with Crippen LogP contribution in [-0.2, 0) is 18.3 Å². The van der Waals surface area contributed by atoms with Crippen molar-refractivity contribution in [3.05, 3.63) is 34.6 Å². The number of hydrogen-bond acceptors (Lipinski definition) is 0. The van der Waals surface area contributed by atoms with E-state index in [2.05, 4.69) is 20.8 Å². The number of hydrogen-bond donors (Lipinski definition) is 0. The first-order valence-corrected chi connectivity index (χ1v) is 5.80. The maximum atomic E-state index is 13.5. The third kappa shape index (κ3) is 2.06. The van der Waals surface area contributed by atoms with E-state index in [4.69, 9.17) is 0 Å². The summed E-state index contributed by atoms with van der Waals surface area (Å²) in [6, 6.07) is 3.45. The van der Waals surface area contributed by atoms with Crippen LogP contribution in [0.25, 0.3) is 0 Å². The van der Waals surface area contributed by atoms with Gasteiger partial charge in [0.15, 0.2) is 0 Å². The Bertz CT molecular complexity index is 372. The summed E-state index contributed by atoms with van der Waals surface area (Å²) in [6.07, 6.45) is 4.64. The summed E-state index contributed by atoms with van der Waals surface area (Å²) in [7, 11) is 0. The zero-order valence-corrected chi connectivity index (χ0v) is 9.86. The van der Waals surface area contributed by atoms with Gasteiger partial charge in [-0.15, -0.1) is 0 Å². The van der Waals surface area contributed by atoms with Gasteiger partial charge in [0.2, 0.25) is 0 Å². The number of aryl methyl sites for hydroxylation is 1. The van der Waals surface area contributed by atoms with Crippen LogP contribution < -0.4 is 0 Å². The lowest BCUT2D eigenvalue weighted by atomic mass is 9.78. The molecule has 1 heteroatoms. The van der Waals surface area contributed by atoms with Gasteiger partial charge in [-0.2, -0.15) is 0 Å². The standard InChI is InChI=1S/C14H19F/c1-14(2,3)13-9-11(15)8-10-6-4-5-7-12(10)13/h8-9H,4-7H2,1-3H3. The molecule has 1 aliphatic rings. The minimum absolute atomic E-state index is 0.0591. The number of benzene rings is 1. The first-order chi connectivity index (χ1) is 6.98. The molecule has 0 aliphatic heterocycles. The summed E-state index contributed by atoms with van der Waals surface area (Å²) in [6.45, 7) is 6.49. The topological polar surface area (TPSA) is 0 Å². The van der Waals surface area contributed by atoms with Crippen LogP contribution in [0.3, 0.4) is 0 Å². The Morgan fingerprint density at radius 1 is 1.07 bits per heavy atom. The van der Waals surface area contributed by atoms with E-state index in [9.17, 15) is 4.39 Å². The highest BCUT2D eigenvalue weighted by atomic mass is 19.1. The Balaban J connectivity index is 2.58. The molecule has 0 radical (unpaired) electrons. The van der Waals surface area contributed by atoms with Crippen LogP contribution in [0.5, 0.6) is 0 Å². The van der Waals surface area contributed by atoms with E-state index in [1.807, 2.05) is 0 Å². The van der Waals surface area contributed by atoms with Crippen LogP contribution in [-0.4, -0.2) is 0 Å². The molecule has 0 aromatic heterocycles. The van der Waals surface area contributed by atoms with Gasteiger partial charge >= 0.3 is 0 Å². The largest absolute Gasteiger partial charge is 0.207 e. The molecule has 2 rings (SSSR count). The summed E-state index contributed by atoms with van der Waals surface area (Å²) in [4.78, 5) is 0. The zero-order chi connectivity index (χ0) is 11.1. The SMILES string of the molecule is CC(C)(C)c1cc(F)cc2c1CCCC2. The van der Waals surface area contributed by atoms with Gasteiger partial charge in [0.1, 0.15) is 5.82 Å². The summed E-state index contributed by atoms with van der Waals surface area (Å²) < 4.78 is 13.5. The molecule has 82 valence electrons. The van der Waals surface area contributed by atoms with Crippen LogP contribution in [0, 0.1) is 5.82 Å². The van der Waals surface area contributed by atoms with E-state index in [1.165, 1.54) is 29.5 Å². The van der Waals surface area contributed by atoms with Crippen LogP contribution >= 0.6 is 0 Å². The van der Waals surface area contributed by atoms with E-state index in [0.717, 1.165) is 12.8 Å². The molecule has 15 heavy (non-hydrogen) atoms. The van der Waals surface area contributed by atoms with Crippen LogP contribution in [0.1, 0.15) is 50.3 Å². The van der Waals surface area contributed by atoms with Gasteiger partial charge in [0, 0.05) is 0 Å². The predicted octanol–water partition coefficient (Wildman–Crippen LogP) is 4.00. The Kier molecular flexibility index (Phi) is 2.57. The lowest BCUT2D eigenvalue weighted by Gasteiger charge is -2.27. The highest BCUT2D eigenvalue weighted by Crippen LogP contribution is 2.33. The number of fused-ring (bicyclic) bond motifs is 1. The van der Waals surface area contributed by atoms with Gasteiger partial charge < -0.3 is 0 Å². The molecule has 0 atom stereocenters. The van der Waals surface area contributed by atoms with Gasteiger partial charge in [0.25, 0.3) is 0 Å². The number of rotatable bonds is 0. The van der Waals surface area contributed by atoms with Crippen molar-refractivity contribution in [2.24, 2.45) is 0 Å². The van der Waals surface area contributed by atoms with Crippen LogP contribution in [0.15, 0.2) is 12.1 Å². The molecule has 1 aliphatic carbocycles. The van der Waals surface area contributed by atoms with Crippen molar-refractivity contribution < 1.29 is 4.39 Å². The first kappa shape index (κ1) is 10.7. The third-order valence-corrected chi connectivity index (χ3v) is 3.24. The number of halogens is 1. The average molecular weight is 206 g/mol. The molecular weight excluding hydrogens is 187 g/mol. The maximum absolute atomic E-state index is 13.5. The average Bonchev–Trinajstić information content (AvgIpc) is 2.15. The molecule has 0 saturated carbocycles. The Labute approximate surface area is 91.5 Å². The predicted molar refractivity (Wildman–Crippen MR) is 61.7 cm³/mol. The molecule has 1 aromatic carbocycles. The van der Waals surface area contributed by atoms with E-state index in [1.54, 1.807) is 12.1 Å². The van der Waals surface area contributed by atoms with Crippen molar-refractivity contribution in [2.45, 2.75) is 51.9 Å². The third-order valence-electron chi connectivity index (χ3n) is 3.24. The van der Waals surface area contributed by atoms with Crippen molar-refractivity contribution in [1.82, 2.24) is 0 Å². The molecule has 0 N–H and O–H groups in total. The maximum Gasteiger partial charge on any atom is 0.123 e. The lowest BCUT2D eigenvalue weighted by Crippen LogP contribution is -2.18. The van der Waals surface area contributed by atoms with E-state index in [0.29, 0.717) is 0 Å². The van der Waals surface area contributed by atoms with Gasteiger partial charge in [-0.3, -0.25) is 0 Å². The fraction of sp³-hybridized carbons (Fsp3) is 0.571. The molecule has 0 heterocycles. The Morgan fingerprint density at radius 3 is 2.40 bits per heavy atom. The van der Waals surface area contributed by atoms with Gasteiger partial charge in [-0.05, 0) is 59.9 Å². The van der Waals surface area contributed by atoms with Crippen molar-refractivity contribution in [3.8, 4) is 0 Å². The normalized spacial score (nSPS) is 16.3. The Morgan fingerprint density at radius 2 is 1.73 bits per heavy atom. The minimum Gasteiger partial charge on any atom is -0.207 e. The van der Waals surface area contributed by atoms with Crippen LogP contribution in [0.4, 0.5) is 4.39 Å². The fourth-order valence-electron chi connectivity index (χ4n) is 2.50. The summed E-state index contributed by atoms with van der Waals surface area (Å²) >= 11 is 0. The van der Waals surface area contributed by atoms with E-state index >= 15 is 0 Å². The molecule has 0 spiro atoms. The van der Waals surface area contributed by atoms with Crippen molar-refractivity contribution in [3.63, 3.8) is 0 Å².